The average Bonchev–Trinajstić information content (AvgIpc) is 2.68. The van der Waals surface area contributed by atoms with Crippen LogP contribution in [-0.2, 0) is 10.0 Å². The summed E-state index contributed by atoms with van der Waals surface area (Å²) in [5.41, 5.74) is 0.228. The van der Waals surface area contributed by atoms with E-state index >= 15 is 0 Å². The molecule has 0 aliphatic carbocycles. The highest BCUT2D eigenvalue weighted by atomic mass is 79.9. The molecule has 28 heavy (non-hydrogen) atoms. The summed E-state index contributed by atoms with van der Waals surface area (Å²) in [5.74, 6) is -1.01. The number of hydrogen-bond donors (Lipinski definition) is 1. The van der Waals surface area contributed by atoms with Gasteiger partial charge in [0.2, 0.25) is 0 Å². The first kappa shape index (κ1) is 20.2. The van der Waals surface area contributed by atoms with Crippen LogP contribution in [0.25, 0.3) is 0 Å². The highest BCUT2D eigenvalue weighted by Gasteiger charge is 2.28. The average molecular weight is 483 g/mol. The quantitative estimate of drug-likeness (QED) is 0.500. The lowest BCUT2D eigenvalue weighted by molar-refractivity contribution is 0.0696. The van der Waals surface area contributed by atoms with Crippen molar-refractivity contribution >= 4 is 49.2 Å². The first-order chi connectivity index (χ1) is 13.3. The Bertz CT molecular complexity index is 1100. The largest absolute Gasteiger partial charge is 0.478 e. The van der Waals surface area contributed by atoms with Gasteiger partial charge >= 0.3 is 5.97 Å². The third-order valence-electron chi connectivity index (χ3n) is 3.66. The first-order valence-electron chi connectivity index (χ1n) is 7.86. The van der Waals surface area contributed by atoms with E-state index in [9.17, 15) is 13.2 Å². The number of aromatic carboxylic acids is 1. The summed E-state index contributed by atoms with van der Waals surface area (Å²) in [6, 6.07) is 17.8. The minimum Gasteiger partial charge on any atom is -0.478 e. The van der Waals surface area contributed by atoms with E-state index in [1.165, 1.54) is 30.3 Å². The van der Waals surface area contributed by atoms with Crippen LogP contribution in [0.1, 0.15) is 10.4 Å². The minimum absolute atomic E-state index is 0.0258. The monoisotopic (exact) mass is 481 g/mol. The standard InChI is InChI=1S/C19H13BrClNO5S/c20-14-8-11-18(17(21)12-14)27-22(15-4-2-1-3-5-15)28(25,26)16-9-6-13(7-10-16)19(23)24/h1-12H,(H,23,24). The van der Waals surface area contributed by atoms with Crippen molar-refractivity contribution in [2.45, 2.75) is 4.90 Å². The summed E-state index contributed by atoms with van der Waals surface area (Å²) in [6.07, 6.45) is 0. The van der Waals surface area contributed by atoms with Crippen molar-refractivity contribution in [3.8, 4) is 5.75 Å². The Morgan fingerprint density at radius 3 is 2.21 bits per heavy atom. The molecule has 3 aromatic rings. The molecule has 0 saturated carbocycles. The summed E-state index contributed by atoms with van der Waals surface area (Å²) >= 11 is 9.45. The van der Waals surface area contributed by atoms with Crippen LogP contribution >= 0.6 is 27.5 Å². The number of nitrogens with zero attached hydrogens (tertiary/aromatic N) is 1. The molecule has 3 aromatic carbocycles. The molecule has 144 valence electrons. The second-order valence-electron chi connectivity index (χ2n) is 5.56. The predicted molar refractivity (Wildman–Crippen MR) is 109 cm³/mol. The molecule has 0 saturated heterocycles. The van der Waals surface area contributed by atoms with E-state index in [-0.39, 0.29) is 26.9 Å². The predicted octanol–water partition coefficient (Wildman–Crippen LogP) is 4.99. The number of rotatable bonds is 6. The molecule has 0 heterocycles. The van der Waals surface area contributed by atoms with Gasteiger partial charge in [-0.15, -0.1) is 0 Å². The van der Waals surface area contributed by atoms with Gasteiger partial charge in [-0.1, -0.05) is 50.2 Å². The summed E-state index contributed by atoms with van der Waals surface area (Å²) < 4.78 is 27.9. The highest BCUT2D eigenvalue weighted by molar-refractivity contribution is 9.10. The fourth-order valence-corrected chi connectivity index (χ4v) is 4.25. The molecule has 0 fully saturated rings. The Morgan fingerprint density at radius 2 is 1.64 bits per heavy atom. The number of anilines is 1. The van der Waals surface area contributed by atoms with Crippen molar-refractivity contribution in [3.63, 3.8) is 0 Å². The van der Waals surface area contributed by atoms with Gasteiger partial charge in [-0.25, -0.2) is 4.79 Å². The van der Waals surface area contributed by atoms with Gasteiger partial charge in [0, 0.05) is 4.47 Å². The van der Waals surface area contributed by atoms with E-state index in [1.54, 1.807) is 42.5 Å². The zero-order valence-electron chi connectivity index (χ0n) is 14.1. The van der Waals surface area contributed by atoms with Crippen molar-refractivity contribution in [3.05, 3.63) is 87.9 Å². The zero-order valence-corrected chi connectivity index (χ0v) is 17.3. The first-order valence-corrected chi connectivity index (χ1v) is 10.5. The van der Waals surface area contributed by atoms with Crippen LogP contribution in [0.3, 0.4) is 0 Å². The highest BCUT2D eigenvalue weighted by Crippen LogP contribution is 2.32. The molecule has 0 atom stereocenters. The van der Waals surface area contributed by atoms with E-state index in [1.807, 2.05) is 0 Å². The molecular formula is C19H13BrClNO5S. The van der Waals surface area contributed by atoms with Crippen molar-refractivity contribution in [2.75, 3.05) is 4.47 Å². The Balaban J connectivity index is 2.06. The van der Waals surface area contributed by atoms with Crippen LogP contribution in [0.2, 0.25) is 5.02 Å². The summed E-state index contributed by atoms with van der Waals surface area (Å²) in [6.45, 7) is 0. The minimum atomic E-state index is -4.17. The van der Waals surface area contributed by atoms with E-state index in [0.29, 0.717) is 4.47 Å². The molecule has 0 bridgehead atoms. The molecule has 3 rings (SSSR count). The Labute approximate surface area is 175 Å². The number of benzene rings is 3. The number of hydrogen-bond acceptors (Lipinski definition) is 4. The zero-order chi connectivity index (χ0) is 20.3. The van der Waals surface area contributed by atoms with E-state index in [4.69, 9.17) is 21.5 Å². The smallest absolute Gasteiger partial charge is 0.335 e. The molecule has 0 radical (unpaired) electrons. The number of carboxylic acid groups (broad SMARTS) is 1. The van der Waals surface area contributed by atoms with Gasteiger partial charge in [-0.2, -0.15) is 8.42 Å². The number of sulfonamides is 1. The maximum absolute atomic E-state index is 13.2. The lowest BCUT2D eigenvalue weighted by Gasteiger charge is -2.24. The number of halogens is 2. The van der Waals surface area contributed by atoms with Crippen LogP contribution in [0.4, 0.5) is 5.69 Å². The molecule has 0 aromatic heterocycles. The van der Waals surface area contributed by atoms with Crippen molar-refractivity contribution < 1.29 is 23.2 Å². The van der Waals surface area contributed by atoms with Crippen LogP contribution < -0.4 is 9.31 Å². The fourth-order valence-electron chi connectivity index (χ4n) is 2.29. The molecule has 0 amide bonds. The second kappa shape index (κ2) is 8.22. The lowest BCUT2D eigenvalue weighted by atomic mass is 10.2. The topological polar surface area (TPSA) is 83.9 Å². The molecule has 6 nitrogen and oxygen atoms in total. The molecule has 0 unspecified atom stereocenters. The molecule has 1 N–H and O–H groups in total. The molecular weight excluding hydrogens is 470 g/mol. The van der Waals surface area contributed by atoms with Crippen molar-refractivity contribution in [1.29, 1.82) is 0 Å². The third-order valence-corrected chi connectivity index (χ3v) is 6.04. The van der Waals surface area contributed by atoms with Gasteiger partial charge in [0.15, 0.2) is 5.75 Å². The molecule has 0 aliphatic heterocycles. The maximum atomic E-state index is 13.2. The fraction of sp³-hybridized carbons (Fsp3) is 0. The van der Waals surface area contributed by atoms with Crippen LogP contribution in [0.5, 0.6) is 5.75 Å². The summed E-state index contributed by atoms with van der Waals surface area (Å²) in [7, 11) is -4.17. The van der Waals surface area contributed by atoms with Gasteiger partial charge in [0.05, 0.1) is 21.2 Å². The van der Waals surface area contributed by atoms with Gasteiger partial charge in [0.1, 0.15) is 0 Å². The lowest BCUT2D eigenvalue weighted by Crippen LogP contribution is -2.34. The van der Waals surface area contributed by atoms with Gasteiger partial charge in [0.25, 0.3) is 10.0 Å². The van der Waals surface area contributed by atoms with Gasteiger partial charge in [-0.3, -0.25) is 0 Å². The maximum Gasteiger partial charge on any atom is 0.335 e. The van der Waals surface area contributed by atoms with Gasteiger partial charge < -0.3 is 9.94 Å². The van der Waals surface area contributed by atoms with Gasteiger partial charge in [-0.05, 0) is 54.6 Å². The molecule has 0 spiro atoms. The summed E-state index contributed by atoms with van der Waals surface area (Å²) in [5, 5.41) is 9.22. The van der Waals surface area contributed by atoms with E-state index in [2.05, 4.69) is 15.9 Å². The van der Waals surface area contributed by atoms with Crippen LogP contribution in [-0.4, -0.2) is 19.5 Å². The Hall–Kier alpha value is -2.55. The number of carboxylic acids is 1. The second-order valence-corrected chi connectivity index (χ2v) is 8.64. The van der Waals surface area contributed by atoms with Crippen LogP contribution in [0, 0.1) is 0 Å². The SMILES string of the molecule is O=C(O)c1ccc(S(=O)(=O)N(Oc2ccc(Br)cc2Cl)c2ccccc2)cc1. The Kier molecular flexibility index (Phi) is 5.93. The number of para-hydroxylation sites is 1. The van der Waals surface area contributed by atoms with Crippen LogP contribution in [0.15, 0.2) is 82.2 Å². The molecule has 0 aliphatic rings. The summed E-state index contributed by atoms with van der Waals surface area (Å²) in [4.78, 5) is 16.5. The van der Waals surface area contributed by atoms with Crippen molar-refractivity contribution in [1.82, 2.24) is 0 Å². The van der Waals surface area contributed by atoms with E-state index < -0.39 is 16.0 Å². The third kappa shape index (κ3) is 4.30. The molecule has 9 heteroatoms. The number of carbonyl (C=O) groups is 1. The normalized spacial score (nSPS) is 11.1. The Morgan fingerprint density at radius 1 is 1.00 bits per heavy atom. The van der Waals surface area contributed by atoms with E-state index in [0.717, 1.165) is 4.47 Å². The van der Waals surface area contributed by atoms with Crippen molar-refractivity contribution in [2.24, 2.45) is 0 Å².